The van der Waals surface area contributed by atoms with Crippen LogP contribution in [-0.4, -0.2) is 13.4 Å². The van der Waals surface area contributed by atoms with Crippen LogP contribution < -0.4 is 10.5 Å². The van der Waals surface area contributed by atoms with E-state index >= 15 is 0 Å². The fraction of sp³-hybridized carbons (Fsp3) is 0.100. The third kappa shape index (κ3) is 3.54. The molecule has 0 atom stereocenters. The molecule has 19 heavy (non-hydrogen) atoms. The molecule has 2 rings (SSSR count). The summed E-state index contributed by atoms with van der Waals surface area (Å²) in [7, 11) is -3.65. The number of thiazole rings is 1. The summed E-state index contributed by atoms with van der Waals surface area (Å²) in [4.78, 5) is 4.14. The van der Waals surface area contributed by atoms with Gasteiger partial charge in [-0.1, -0.05) is 0 Å². The molecule has 0 aliphatic heterocycles. The van der Waals surface area contributed by atoms with Crippen molar-refractivity contribution >= 4 is 58.9 Å². The number of hydrogen-bond acceptors (Lipinski definition) is 5. The summed E-state index contributed by atoms with van der Waals surface area (Å²) >= 11 is 7.81. The van der Waals surface area contributed by atoms with Gasteiger partial charge in [-0.05, 0) is 44.0 Å². The Morgan fingerprint density at radius 1 is 1.32 bits per heavy atom. The van der Waals surface area contributed by atoms with Crippen LogP contribution in [0.1, 0.15) is 5.01 Å². The lowest BCUT2D eigenvalue weighted by atomic mass is 10.3. The van der Waals surface area contributed by atoms with Gasteiger partial charge in [0.25, 0.3) is 0 Å². The average Bonchev–Trinajstić information content (AvgIpc) is 2.77. The molecule has 1 heterocycles. The van der Waals surface area contributed by atoms with E-state index in [1.54, 1.807) is 23.7 Å². The van der Waals surface area contributed by atoms with Crippen molar-refractivity contribution in [2.45, 2.75) is 11.4 Å². The molecule has 1 aromatic carbocycles. The number of benzene rings is 1. The normalized spacial score (nSPS) is 11.7. The Labute approximate surface area is 131 Å². The maximum Gasteiger partial charge on any atom is 0.243 e. The minimum Gasteiger partial charge on any atom is -0.399 e. The summed E-state index contributed by atoms with van der Waals surface area (Å²) in [6, 6.07) is 3.09. The van der Waals surface area contributed by atoms with Gasteiger partial charge in [0, 0.05) is 26.2 Å². The van der Waals surface area contributed by atoms with E-state index < -0.39 is 10.0 Å². The topological polar surface area (TPSA) is 85.1 Å². The van der Waals surface area contributed by atoms with Crippen LogP contribution >= 0.6 is 43.2 Å². The highest BCUT2D eigenvalue weighted by molar-refractivity contribution is 9.11. The molecular formula is C10H9Br2N3O2S2. The number of aromatic nitrogens is 1. The molecule has 102 valence electrons. The molecule has 0 bridgehead atoms. The highest BCUT2D eigenvalue weighted by Crippen LogP contribution is 2.32. The Kier molecular flexibility index (Phi) is 4.62. The van der Waals surface area contributed by atoms with Gasteiger partial charge in [-0.2, -0.15) is 0 Å². The first-order valence-electron chi connectivity index (χ1n) is 5.02. The fourth-order valence-electron chi connectivity index (χ4n) is 1.41. The molecule has 0 aliphatic rings. The van der Waals surface area contributed by atoms with Crippen molar-refractivity contribution in [1.82, 2.24) is 9.71 Å². The van der Waals surface area contributed by atoms with Crippen LogP contribution in [0.5, 0.6) is 0 Å². The lowest BCUT2D eigenvalue weighted by molar-refractivity contribution is 0.580. The maximum absolute atomic E-state index is 12.2. The van der Waals surface area contributed by atoms with Gasteiger partial charge in [0.1, 0.15) is 9.90 Å². The maximum atomic E-state index is 12.2. The number of anilines is 1. The van der Waals surface area contributed by atoms with Crippen LogP contribution in [0.2, 0.25) is 0 Å². The molecule has 0 fully saturated rings. The van der Waals surface area contributed by atoms with Crippen molar-refractivity contribution in [2.75, 3.05) is 5.73 Å². The molecular weight excluding hydrogens is 418 g/mol. The van der Waals surface area contributed by atoms with E-state index in [0.29, 0.717) is 19.6 Å². The molecule has 0 saturated carbocycles. The molecule has 5 nitrogen and oxygen atoms in total. The summed E-state index contributed by atoms with van der Waals surface area (Å²) < 4.78 is 27.8. The van der Waals surface area contributed by atoms with Crippen LogP contribution in [0, 0.1) is 0 Å². The SMILES string of the molecule is Nc1cc(Br)c(S(=O)(=O)NCc2nccs2)c(Br)c1. The number of hydrogen-bond donors (Lipinski definition) is 2. The van der Waals surface area contributed by atoms with Crippen LogP contribution in [-0.2, 0) is 16.6 Å². The molecule has 3 N–H and O–H groups in total. The molecule has 0 spiro atoms. The summed E-state index contributed by atoms with van der Waals surface area (Å²) in [6.45, 7) is 0.156. The number of nitrogen functional groups attached to an aromatic ring is 1. The zero-order valence-corrected chi connectivity index (χ0v) is 14.2. The zero-order chi connectivity index (χ0) is 14.0. The van der Waals surface area contributed by atoms with E-state index in [4.69, 9.17) is 5.73 Å². The van der Waals surface area contributed by atoms with Crippen LogP contribution in [0.15, 0.2) is 37.6 Å². The molecule has 0 unspecified atom stereocenters. The van der Waals surface area contributed by atoms with E-state index in [1.807, 2.05) is 0 Å². The minimum atomic E-state index is -3.65. The average molecular weight is 427 g/mol. The second-order valence-corrected chi connectivity index (χ2v) is 7.96. The minimum absolute atomic E-state index is 0.123. The fourth-order valence-corrected chi connectivity index (χ4v) is 5.66. The second-order valence-electron chi connectivity index (χ2n) is 3.56. The third-order valence-corrected chi connectivity index (χ3v) is 6.24. The highest BCUT2D eigenvalue weighted by Gasteiger charge is 2.21. The van der Waals surface area contributed by atoms with E-state index in [-0.39, 0.29) is 11.4 Å². The van der Waals surface area contributed by atoms with Crippen LogP contribution in [0.3, 0.4) is 0 Å². The lowest BCUT2D eigenvalue weighted by Gasteiger charge is -2.10. The number of rotatable bonds is 4. The van der Waals surface area contributed by atoms with E-state index in [0.717, 1.165) is 0 Å². The predicted octanol–water partition coefficient (Wildman–Crippen LogP) is 2.73. The Morgan fingerprint density at radius 2 is 1.95 bits per heavy atom. The van der Waals surface area contributed by atoms with Gasteiger partial charge in [-0.15, -0.1) is 11.3 Å². The number of sulfonamides is 1. The zero-order valence-electron chi connectivity index (χ0n) is 9.43. The molecule has 0 saturated heterocycles. The number of nitrogens with one attached hydrogen (secondary N) is 1. The van der Waals surface area contributed by atoms with E-state index in [2.05, 4.69) is 41.6 Å². The van der Waals surface area contributed by atoms with Crippen molar-refractivity contribution in [3.05, 3.63) is 37.7 Å². The number of nitrogens with zero attached hydrogens (tertiary/aromatic N) is 1. The van der Waals surface area contributed by atoms with Crippen molar-refractivity contribution < 1.29 is 8.42 Å². The van der Waals surface area contributed by atoms with Crippen molar-refractivity contribution in [3.8, 4) is 0 Å². The molecule has 9 heteroatoms. The van der Waals surface area contributed by atoms with Gasteiger partial charge in [-0.25, -0.2) is 18.1 Å². The summed E-state index contributed by atoms with van der Waals surface area (Å²) in [5.74, 6) is 0. The van der Waals surface area contributed by atoms with E-state index in [1.165, 1.54) is 11.3 Å². The quantitative estimate of drug-likeness (QED) is 0.736. The first kappa shape index (κ1) is 14.9. The summed E-state index contributed by atoms with van der Waals surface area (Å²) in [6.07, 6.45) is 1.63. The lowest BCUT2D eigenvalue weighted by Crippen LogP contribution is -2.24. The van der Waals surface area contributed by atoms with Gasteiger partial charge >= 0.3 is 0 Å². The van der Waals surface area contributed by atoms with Gasteiger partial charge in [0.05, 0.1) is 6.54 Å². The summed E-state index contributed by atoms with van der Waals surface area (Å²) in [5, 5.41) is 2.49. The van der Waals surface area contributed by atoms with Crippen LogP contribution in [0.25, 0.3) is 0 Å². The largest absolute Gasteiger partial charge is 0.399 e. The summed E-state index contributed by atoms with van der Waals surface area (Å²) in [5.41, 5.74) is 6.11. The number of halogens is 2. The Balaban J connectivity index is 2.29. The van der Waals surface area contributed by atoms with Gasteiger partial charge in [-0.3, -0.25) is 0 Å². The number of nitrogens with two attached hydrogens (primary N) is 1. The third-order valence-electron chi connectivity index (χ3n) is 2.19. The van der Waals surface area contributed by atoms with Gasteiger partial charge in [0.15, 0.2) is 0 Å². The van der Waals surface area contributed by atoms with Crippen molar-refractivity contribution in [1.29, 1.82) is 0 Å². The Morgan fingerprint density at radius 3 is 2.47 bits per heavy atom. The molecule has 0 aliphatic carbocycles. The van der Waals surface area contributed by atoms with Crippen LogP contribution in [0.4, 0.5) is 5.69 Å². The molecule has 0 amide bonds. The smallest absolute Gasteiger partial charge is 0.243 e. The standard InChI is InChI=1S/C10H9Br2N3O2S2/c11-7-3-6(13)4-8(12)10(7)19(16,17)15-5-9-14-1-2-18-9/h1-4,15H,5,13H2. The van der Waals surface area contributed by atoms with Crippen molar-refractivity contribution in [2.24, 2.45) is 0 Å². The van der Waals surface area contributed by atoms with E-state index in [9.17, 15) is 8.42 Å². The first-order valence-corrected chi connectivity index (χ1v) is 8.97. The Bertz CT molecular complexity index is 664. The van der Waals surface area contributed by atoms with Gasteiger partial charge < -0.3 is 5.73 Å². The molecule has 0 radical (unpaired) electrons. The second kappa shape index (κ2) is 5.88. The van der Waals surface area contributed by atoms with Gasteiger partial charge in [0.2, 0.25) is 10.0 Å². The first-order chi connectivity index (χ1) is 8.90. The Hall–Kier alpha value is -0.480. The monoisotopic (exact) mass is 425 g/mol. The van der Waals surface area contributed by atoms with Crippen molar-refractivity contribution in [3.63, 3.8) is 0 Å². The molecule has 2 aromatic rings. The highest BCUT2D eigenvalue weighted by atomic mass is 79.9. The molecule has 1 aromatic heterocycles. The predicted molar refractivity (Wildman–Crippen MR) is 82.4 cm³/mol.